The molecule has 1 aromatic rings. The summed E-state index contributed by atoms with van der Waals surface area (Å²) in [4.78, 5) is 4.41. The van der Waals surface area contributed by atoms with Gasteiger partial charge in [-0.1, -0.05) is 23.7 Å². The molecule has 53 valence electrons. The van der Waals surface area contributed by atoms with Crippen LogP contribution >= 0.6 is 0 Å². The first-order valence-electron chi connectivity index (χ1n) is 3.77. The molecule has 0 saturated carbocycles. The Bertz CT molecular complexity index is 328. The smallest absolute Gasteiger partial charge is 0.213 e. The first-order chi connectivity index (χ1) is 5.27. The Hall–Kier alpha value is -1.05. The Morgan fingerprint density at radius 2 is 2.09 bits per heavy atom. The Balaban J connectivity index is 2.61. The maximum atomic E-state index is 4.41. The lowest BCUT2D eigenvalue weighted by molar-refractivity contribution is 1.43. The molecule has 11 heavy (non-hydrogen) atoms. The van der Waals surface area contributed by atoms with Crippen LogP contribution in [-0.2, 0) is 0 Å². The Kier molecular flexibility index (Phi) is 1.35. The zero-order chi connectivity index (χ0) is 7.84. The zero-order valence-corrected chi connectivity index (χ0v) is 6.76. The minimum atomic E-state index is 1.11. The highest BCUT2D eigenvalue weighted by molar-refractivity contribution is 6.87. The van der Waals surface area contributed by atoms with E-state index < -0.39 is 0 Å². The van der Waals surface area contributed by atoms with Crippen molar-refractivity contribution in [3.8, 4) is 0 Å². The number of hydrogen-bond donors (Lipinski definition) is 0. The lowest BCUT2D eigenvalue weighted by Crippen LogP contribution is -2.15. The highest BCUT2D eigenvalue weighted by Gasteiger charge is 2.13. The molecule has 0 saturated heterocycles. The van der Waals surface area contributed by atoms with Crippen molar-refractivity contribution in [2.24, 2.45) is 4.99 Å². The molecule has 0 aromatic heterocycles. The van der Waals surface area contributed by atoms with Crippen molar-refractivity contribution in [3.63, 3.8) is 0 Å². The number of aryl methyl sites for hydroxylation is 1. The van der Waals surface area contributed by atoms with Gasteiger partial charge in [0, 0.05) is 0 Å². The molecule has 1 aliphatic heterocycles. The predicted molar refractivity (Wildman–Crippen MR) is 49.3 cm³/mol. The van der Waals surface area contributed by atoms with E-state index in [2.05, 4.69) is 37.4 Å². The molecule has 1 radical (unpaired) electrons. The van der Waals surface area contributed by atoms with Crippen LogP contribution < -0.4 is 5.46 Å². The molecule has 0 atom stereocenters. The standard InChI is InChI=1S/C9H9BN/c1-6-4-3-5-8-9(6)11-7(2)10-8/h3-5H,1-2H3. The number of aliphatic imine (C=N–C) groups is 1. The van der Waals surface area contributed by atoms with Gasteiger partial charge in [0.25, 0.3) is 0 Å². The van der Waals surface area contributed by atoms with E-state index in [1.807, 2.05) is 6.92 Å². The van der Waals surface area contributed by atoms with Gasteiger partial charge in [0.2, 0.25) is 7.28 Å². The van der Waals surface area contributed by atoms with E-state index in [0.29, 0.717) is 0 Å². The SMILES string of the molecule is CC1=Nc2c(C)cccc2[B]1. The van der Waals surface area contributed by atoms with Gasteiger partial charge in [-0.3, -0.25) is 4.99 Å². The van der Waals surface area contributed by atoms with Gasteiger partial charge in [-0.2, -0.15) is 0 Å². The van der Waals surface area contributed by atoms with Crippen LogP contribution in [0.5, 0.6) is 0 Å². The van der Waals surface area contributed by atoms with Gasteiger partial charge in [0.1, 0.15) is 0 Å². The van der Waals surface area contributed by atoms with Crippen molar-refractivity contribution in [1.29, 1.82) is 0 Å². The second-order valence-electron chi connectivity index (χ2n) is 2.91. The number of rotatable bonds is 0. The van der Waals surface area contributed by atoms with Crippen LogP contribution in [0.3, 0.4) is 0 Å². The topological polar surface area (TPSA) is 12.4 Å². The molecule has 1 nitrogen and oxygen atoms in total. The second-order valence-corrected chi connectivity index (χ2v) is 2.91. The van der Waals surface area contributed by atoms with Gasteiger partial charge in [-0.25, -0.2) is 0 Å². The van der Waals surface area contributed by atoms with Crippen LogP contribution in [0.25, 0.3) is 0 Å². The molecule has 2 heteroatoms. The molecule has 1 aliphatic rings. The summed E-state index contributed by atoms with van der Waals surface area (Å²) in [5.74, 6) is 0. The fraction of sp³-hybridized carbons (Fsp3) is 0.222. The van der Waals surface area contributed by atoms with E-state index in [1.165, 1.54) is 11.0 Å². The molecule has 0 fully saturated rings. The molecule has 1 aromatic carbocycles. The van der Waals surface area contributed by atoms with E-state index in [0.717, 1.165) is 11.3 Å². The molecule has 0 unspecified atom stereocenters. The first-order valence-corrected chi connectivity index (χ1v) is 3.77. The summed E-state index contributed by atoms with van der Waals surface area (Å²) >= 11 is 0. The van der Waals surface area contributed by atoms with Crippen LogP contribution in [0.15, 0.2) is 23.2 Å². The molecule has 0 aliphatic carbocycles. The summed E-state index contributed by atoms with van der Waals surface area (Å²) in [5.41, 5.74) is 4.76. The first kappa shape index (κ1) is 6.65. The van der Waals surface area contributed by atoms with E-state index in [-0.39, 0.29) is 0 Å². The van der Waals surface area contributed by atoms with E-state index >= 15 is 0 Å². The van der Waals surface area contributed by atoms with Gasteiger partial charge < -0.3 is 0 Å². The molecular formula is C9H9BN. The minimum Gasteiger partial charge on any atom is -0.269 e. The van der Waals surface area contributed by atoms with Crippen molar-refractivity contribution < 1.29 is 0 Å². The van der Waals surface area contributed by atoms with Gasteiger partial charge >= 0.3 is 0 Å². The Labute approximate surface area is 67.4 Å². The monoisotopic (exact) mass is 142 g/mol. The van der Waals surface area contributed by atoms with E-state index in [4.69, 9.17) is 0 Å². The van der Waals surface area contributed by atoms with Crippen LogP contribution in [-0.4, -0.2) is 12.9 Å². The summed E-state index contributed by atoms with van der Waals surface area (Å²) in [6.07, 6.45) is 0. The second kappa shape index (κ2) is 2.23. The number of hydrogen-bond acceptors (Lipinski definition) is 1. The molecule has 1 heterocycles. The highest BCUT2D eigenvalue weighted by atomic mass is 14.8. The van der Waals surface area contributed by atoms with Crippen molar-refractivity contribution in [2.45, 2.75) is 13.8 Å². The summed E-state index contributed by atoms with van der Waals surface area (Å²) in [7, 11) is 2.11. The van der Waals surface area contributed by atoms with Gasteiger partial charge in [0.05, 0.1) is 5.69 Å². The van der Waals surface area contributed by atoms with Crippen LogP contribution in [0.1, 0.15) is 12.5 Å². The van der Waals surface area contributed by atoms with E-state index in [9.17, 15) is 0 Å². The maximum Gasteiger partial charge on any atom is 0.213 e. The fourth-order valence-corrected chi connectivity index (χ4v) is 1.38. The van der Waals surface area contributed by atoms with Crippen LogP contribution in [0.4, 0.5) is 5.69 Å². The van der Waals surface area contributed by atoms with Crippen molar-refractivity contribution in [3.05, 3.63) is 23.8 Å². The zero-order valence-electron chi connectivity index (χ0n) is 6.76. The molecule has 2 rings (SSSR count). The molecule has 0 bridgehead atoms. The molecule has 0 N–H and O–H groups in total. The summed E-state index contributed by atoms with van der Waals surface area (Å²) in [5, 5.41) is 0. The van der Waals surface area contributed by atoms with Gasteiger partial charge in [-0.15, -0.1) is 0 Å². The third-order valence-electron chi connectivity index (χ3n) is 1.92. The van der Waals surface area contributed by atoms with Gasteiger partial charge in [-0.05, 0) is 25.0 Å². The lowest BCUT2D eigenvalue weighted by atomic mass is 9.67. The Morgan fingerprint density at radius 3 is 2.82 bits per heavy atom. The van der Waals surface area contributed by atoms with Crippen LogP contribution in [0.2, 0.25) is 0 Å². The fourth-order valence-electron chi connectivity index (χ4n) is 1.38. The molecular weight excluding hydrogens is 133 g/mol. The van der Waals surface area contributed by atoms with Crippen molar-refractivity contribution >= 4 is 24.0 Å². The summed E-state index contributed by atoms with van der Waals surface area (Å²) < 4.78 is 0. The number of benzene rings is 1. The minimum absolute atomic E-state index is 1.11. The number of nitrogens with zero attached hydrogens (tertiary/aromatic N) is 1. The summed E-state index contributed by atoms with van der Waals surface area (Å²) in [6.45, 7) is 4.12. The third-order valence-corrected chi connectivity index (χ3v) is 1.92. The number of fused-ring (bicyclic) bond motifs is 1. The predicted octanol–water partition coefficient (Wildman–Crippen LogP) is 1.39. The number of para-hydroxylation sites is 1. The normalized spacial score (nSPS) is 13.8. The Morgan fingerprint density at radius 1 is 1.27 bits per heavy atom. The maximum absolute atomic E-state index is 4.41. The molecule has 0 spiro atoms. The van der Waals surface area contributed by atoms with Gasteiger partial charge in [0.15, 0.2) is 0 Å². The van der Waals surface area contributed by atoms with Crippen molar-refractivity contribution in [2.75, 3.05) is 0 Å². The average molecular weight is 142 g/mol. The third kappa shape index (κ3) is 0.986. The van der Waals surface area contributed by atoms with E-state index in [1.54, 1.807) is 0 Å². The summed E-state index contributed by atoms with van der Waals surface area (Å²) in [6, 6.07) is 6.26. The largest absolute Gasteiger partial charge is 0.269 e. The quantitative estimate of drug-likeness (QED) is 0.485. The average Bonchev–Trinajstić information content (AvgIpc) is 2.31. The van der Waals surface area contributed by atoms with Crippen molar-refractivity contribution in [1.82, 2.24) is 0 Å². The van der Waals surface area contributed by atoms with Crippen LogP contribution in [0, 0.1) is 6.92 Å². The highest BCUT2D eigenvalue weighted by Crippen LogP contribution is 2.18. The molecule has 0 amide bonds. The lowest BCUT2D eigenvalue weighted by Gasteiger charge is -1.98.